The highest BCUT2D eigenvalue weighted by Crippen LogP contribution is 2.48. The van der Waals surface area contributed by atoms with E-state index in [4.69, 9.17) is 4.84 Å². The van der Waals surface area contributed by atoms with Gasteiger partial charge in [-0.05, 0) is 49.8 Å². The molecule has 3 nitrogen and oxygen atoms in total. The van der Waals surface area contributed by atoms with Crippen molar-refractivity contribution in [3.05, 3.63) is 35.6 Å². The molecule has 0 unspecified atom stereocenters. The lowest BCUT2D eigenvalue weighted by atomic mass is 10.1. The highest BCUT2D eigenvalue weighted by atomic mass is 19.1. The molecule has 0 heterocycles. The molecule has 3 rings (SSSR count). The second-order valence-electron chi connectivity index (χ2n) is 5.42. The molecule has 0 N–H and O–H groups in total. The van der Waals surface area contributed by atoms with Crippen molar-refractivity contribution in [1.82, 2.24) is 0 Å². The normalized spacial score (nSPS) is 26.1. The van der Waals surface area contributed by atoms with Crippen LogP contribution in [0.15, 0.2) is 29.4 Å². The van der Waals surface area contributed by atoms with Crippen molar-refractivity contribution in [2.24, 2.45) is 17.0 Å². The number of carbonyl (C=O) groups is 1. The summed E-state index contributed by atoms with van der Waals surface area (Å²) >= 11 is 0. The average molecular weight is 261 g/mol. The number of hydrogen-bond acceptors (Lipinski definition) is 3. The van der Waals surface area contributed by atoms with Crippen molar-refractivity contribution in [1.29, 1.82) is 0 Å². The Morgan fingerprint density at radius 2 is 2.00 bits per heavy atom. The molecule has 0 aromatic heterocycles. The fourth-order valence-corrected chi connectivity index (χ4v) is 2.31. The molecule has 1 aromatic rings. The smallest absolute Gasteiger partial charge is 0.318 e. The Labute approximate surface area is 111 Å². The molecule has 100 valence electrons. The highest BCUT2D eigenvalue weighted by molar-refractivity contribution is 5.88. The molecule has 2 atom stereocenters. The van der Waals surface area contributed by atoms with Gasteiger partial charge in [0.1, 0.15) is 5.82 Å². The molecular weight excluding hydrogens is 245 g/mol. The van der Waals surface area contributed by atoms with E-state index in [0.717, 1.165) is 30.5 Å². The van der Waals surface area contributed by atoms with E-state index in [1.807, 2.05) is 19.1 Å². The zero-order valence-corrected chi connectivity index (χ0v) is 10.8. The van der Waals surface area contributed by atoms with Gasteiger partial charge in [0.05, 0.1) is 11.6 Å². The maximum absolute atomic E-state index is 12.8. The molecule has 2 aliphatic rings. The Hall–Kier alpha value is -1.71. The van der Waals surface area contributed by atoms with E-state index in [0.29, 0.717) is 11.8 Å². The van der Waals surface area contributed by atoms with Crippen LogP contribution in [0.25, 0.3) is 0 Å². The third-order valence-electron chi connectivity index (χ3n) is 3.82. The highest BCUT2D eigenvalue weighted by Gasteiger charge is 2.41. The van der Waals surface area contributed by atoms with E-state index in [1.54, 1.807) is 0 Å². The van der Waals surface area contributed by atoms with Crippen molar-refractivity contribution in [2.45, 2.75) is 32.1 Å². The van der Waals surface area contributed by atoms with Gasteiger partial charge in [0.2, 0.25) is 0 Å². The average Bonchev–Trinajstić information content (AvgIpc) is 3.28. The summed E-state index contributed by atoms with van der Waals surface area (Å²) in [6.45, 7) is 1.88. The minimum Gasteiger partial charge on any atom is -0.318 e. The summed E-state index contributed by atoms with van der Waals surface area (Å²) in [5.74, 6) is 0.341. The minimum absolute atomic E-state index is 0.0728. The molecule has 19 heavy (non-hydrogen) atoms. The third kappa shape index (κ3) is 2.83. The molecule has 0 saturated heterocycles. The first-order valence-electron chi connectivity index (χ1n) is 6.66. The first-order chi connectivity index (χ1) is 9.15. The van der Waals surface area contributed by atoms with Crippen LogP contribution >= 0.6 is 0 Å². The predicted molar refractivity (Wildman–Crippen MR) is 69.2 cm³/mol. The fraction of sp³-hybridized carbons (Fsp3) is 0.467. The van der Waals surface area contributed by atoms with Crippen LogP contribution in [0.3, 0.4) is 0 Å². The van der Waals surface area contributed by atoms with Crippen LogP contribution in [0.4, 0.5) is 4.39 Å². The van der Waals surface area contributed by atoms with Gasteiger partial charge in [0.25, 0.3) is 0 Å². The Bertz CT molecular complexity index is 519. The van der Waals surface area contributed by atoms with Gasteiger partial charge >= 0.3 is 5.97 Å². The Balaban J connectivity index is 1.57. The van der Waals surface area contributed by atoms with Gasteiger partial charge in [-0.15, -0.1) is 0 Å². The van der Waals surface area contributed by atoms with Crippen LogP contribution in [0.5, 0.6) is 0 Å². The van der Waals surface area contributed by atoms with E-state index in [2.05, 4.69) is 5.16 Å². The van der Waals surface area contributed by atoms with Gasteiger partial charge in [-0.3, -0.25) is 0 Å². The number of rotatable bonds is 4. The molecule has 0 bridgehead atoms. The molecule has 2 saturated carbocycles. The van der Waals surface area contributed by atoms with Crippen molar-refractivity contribution >= 4 is 11.7 Å². The topological polar surface area (TPSA) is 38.7 Å². The summed E-state index contributed by atoms with van der Waals surface area (Å²) in [4.78, 5) is 16.3. The number of nitrogens with zero attached hydrogens (tertiary/aromatic N) is 1. The summed E-state index contributed by atoms with van der Waals surface area (Å²) in [6, 6.07) is 6.57. The zero-order valence-electron chi connectivity index (χ0n) is 10.8. The number of carbonyl (C=O) groups excluding carboxylic acids is 1. The lowest BCUT2D eigenvalue weighted by molar-refractivity contribution is -0.145. The Morgan fingerprint density at radius 3 is 2.63 bits per heavy atom. The number of oxime groups is 1. The lowest BCUT2D eigenvalue weighted by Crippen LogP contribution is -2.05. The molecule has 0 radical (unpaired) electrons. The summed E-state index contributed by atoms with van der Waals surface area (Å²) in [5, 5.41) is 3.93. The number of benzene rings is 1. The van der Waals surface area contributed by atoms with Gasteiger partial charge < -0.3 is 4.84 Å². The minimum atomic E-state index is -0.218. The van der Waals surface area contributed by atoms with Gasteiger partial charge in [-0.2, -0.15) is 0 Å². The molecule has 0 amide bonds. The Kier molecular flexibility index (Phi) is 3.09. The van der Waals surface area contributed by atoms with Gasteiger partial charge in [-0.25, -0.2) is 9.18 Å². The monoisotopic (exact) mass is 261 g/mol. The predicted octanol–water partition coefficient (Wildman–Crippen LogP) is 3.26. The molecule has 2 fully saturated rings. The Morgan fingerprint density at radius 1 is 1.32 bits per heavy atom. The van der Waals surface area contributed by atoms with Gasteiger partial charge in [0, 0.05) is 5.92 Å². The second kappa shape index (κ2) is 4.76. The summed E-state index contributed by atoms with van der Waals surface area (Å²) < 4.78 is 12.8. The van der Waals surface area contributed by atoms with Crippen molar-refractivity contribution in [3.8, 4) is 0 Å². The maximum atomic E-state index is 12.8. The molecular formula is C15H16FNO2. The van der Waals surface area contributed by atoms with E-state index < -0.39 is 0 Å². The fourth-order valence-electron chi connectivity index (χ4n) is 2.31. The summed E-state index contributed by atoms with van der Waals surface area (Å²) in [7, 11) is 0. The van der Waals surface area contributed by atoms with Gasteiger partial charge in [0.15, 0.2) is 0 Å². The standard InChI is InChI=1S/C15H16FNO2/c1-9(17-19-15(18)11-2-3-11)13-8-14(13)10-4-6-12(16)7-5-10/h4-7,11,13-14H,2-3,8H2,1H3/b17-9-/t13-,14-/m1/s1. The van der Waals surface area contributed by atoms with Crippen LogP contribution in [0.2, 0.25) is 0 Å². The van der Waals surface area contributed by atoms with Gasteiger partial charge in [-0.1, -0.05) is 17.3 Å². The molecule has 0 spiro atoms. The van der Waals surface area contributed by atoms with Crippen LogP contribution in [-0.4, -0.2) is 11.7 Å². The van der Waals surface area contributed by atoms with Crippen molar-refractivity contribution in [2.75, 3.05) is 0 Å². The van der Waals surface area contributed by atoms with Crippen molar-refractivity contribution < 1.29 is 14.0 Å². The van der Waals surface area contributed by atoms with E-state index in [9.17, 15) is 9.18 Å². The quantitative estimate of drug-likeness (QED) is 0.474. The van der Waals surface area contributed by atoms with E-state index >= 15 is 0 Å². The van der Waals surface area contributed by atoms with E-state index in [1.165, 1.54) is 12.1 Å². The molecule has 4 heteroatoms. The summed E-state index contributed by atoms with van der Waals surface area (Å²) in [6.07, 6.45) is 2.84. The largest absolute Gasteiger partial charge is 0.338 e. The van der Waals surface area contributed by atoms with Crippen molar-refractivity contribution in [3.63, 3.8) is 0 Å². The van der Waals surface area contributed by atoms with Crippen LogP contribution < -0.4 is 0 Å². The number of hydrogen-bond donors (Lipinski definition) is 0. The first-order valence-corrected chi connectivity index (χ1v) is 6.66. The molecule has 0 aliphatic heterocycles. The lowest BCUT2D eigenvalue weighted by Gasteiger charge is -2.01. The summed E-state index contributed by atoms with van der Waals surface area (Å²) in [5.41, 5.74) is 1.97. The maximum Gasteiger partial charge on any atom is 0.338 e. The van der Waals surface area contributed by atoms with Crippen LogP contribution in [-0.2, 0) is 9.63 Å². The van der Waals surface area contributed by atoms with E-state index in [-0.39, 0.29) is 17.7 Å². The SMILES string of the molecule is C/C(=N/OC(=O)C1CC1)[C@H]1C[C@@H]1c1ccc(F)cc1. The number of halogens is 1. The third-order valence-corrected chi connectivity index (χ3v) is 3.82. The molecule has 1 aromatic carbocycles. The first kappa shape index (κ1) is 12.3. The van der Waals surface area contributed by atoms with Crippen LogP contribution in [0.1, 0.15) is 37.7 Å². The molecule has 2 aliphatic carbocycles. The van der Waals surface area contributed by atoms with Crippen LogP contribution in [0, 0.1) is 17.7 Å². The second-order valence-corrected chi connectivity index (χ2v) is 5.42. The zero-order chi connectivity index (χ0) is 13.4.